The summed E-state index contributed by atoms with van der Waals surface area (Å²) in [7, 11) is 0. The minimum atomic E-state index is 0.313. The SMILES string of the molecule is Nc1nccc(Sc2ccc3nc(N4CCNCC4)cnc3n2)c1Cl. The second kappa shape index (κ2) is 6.99. The van der Waals surface area contributed by atoms with Crippen molar-refractivity contribution in [2.75, 3.05) is 36.8 Å². The molecule has 0 radical (unpaired) electrons. The van der Waals surface area contributed by atoms with Crippen molar-refractivity contribution >= 4 is 46.2 Å². The number of nitrogens with one attached hydrogen (secondary N) is 1. The second-order valence-electron chi connectivity index (χ2n) is 5.57. The molecule has 0 amide bonds. The maximum atomic E-state index is 6.19. The molecule has 0 saturated carbocycles. The monoisotopic (exact) mass is 373 g/mol. The molecule has 25 heavy (non-hydrogen) atoms. The molecule has 128 valence electrons. The normalized spacial score (nSPS) is 14.8. The molecule has 0 atom stereocenters. The first-order chi connectivity index (χ1) is 12.2. The molecule has 0 bridgehead atoms. The largest absolute Gasteiger partial charge is 0.382 e. The van der Waals surface area contributed by atoms with Crippen molar-refractivity contribution in [1.82, 2.24) is 25.3 Å². The van der Waals surface area contributed by atoms with Crippen LogP contribution in [0.2, 0.25) is 5.02 Å². The van der Waals surface area contributed by atoms with E-state index in [9.17, 15) is 0 Å². The summed E-state index contributed by atoms with van der Waals surface area (Å²) >= 11 is 7.62. The number of hydrogen-bond donors (Lipinski definition) is 2. The van der Waals surface area contributed by atoms with Crippen LogP contribution in [0.3, 0.4) is 0 Å². The number of piperazine rings is 1. The van der Waals surface area contributed by atoms with E-state index in [1.54, 1.807) is 12.4 Å². The summed E-state index contributed by atoms with van der Waals surface area (Å²) in [5.41, 5.74) is 7.14. The molecule has 4 heterocycles. The van der Waals surface area contributed by atoms with Crippen LogP contribution in [0, 0.1) is 0 Å². The number of nitrogens with zero attached hydrogens (tertiary/aromatic N) is 5. The third-order valence-corrected chi connectivity index (χ3v) is 5.41. The van der Waals surface area contributed by atoms with Crippen LogP contribution in [0.5, 0.6) is 0 Å². The Morgan fingerprint density at radius 2 is 1.96 bits per heavy atom. The van der Waals surface area contributed by atoms with E-state index in [2.05, 4.69) is 30.2 Å². The van der Waals surface area contributed by atoms with E-state index in [1.165, 1.54) is 11.8 Å². The lowest BCUT2D eigenvalue weighted by Gasteiger charge is -2.28. The minimum Gasteiger partial charge on any atom is -0.382 e. The molecule has 0 unspecified atom stereocenters. The number of pyridine rings is 2. The third-order valence-electron chi connectivity index (χ3n) is 3.90. The van der Waals surface area contributed by atoms with Gasteiger partial charge >= 0.3 is 0 Å². The maximum absolute atomic E-state index is 6.19. The van der Waals surface area contributed by atoms with Gasteiger partial charge in [0.1, 0.15) is 22.2 Å². The van der Waals surface area contributed by atoms with Gasteiger partial charge in [0.15, 0.2) is 5.65 Å². The number of fused-ring (bicyclic) bond motifs is 1. The zero-order chi connectivity index (χ0) is 17.2. The molecule has 4 rings (SSSR count). The van der Waals surface area contributed by atoms with Gasteiger partial charge in [0.05, 0.1) is 11.2 Å². The van der Waals surface area contributed by atoms with E-state index < -0.39 is 0 Å². The van der Waals surface area contributed by atoms with Crippen molar-refractivity contribution in [3.8, 4) is 0 Å². The van der Waals surface area contributed by atoms with Crippen molar-refractivity contribution in [3.63, 3.8) is 0 Å². The first-order valence-electron chi connectivity index (χ1n) is 7.88. The van der Waals surface area contributed by atoms with Gasteiger partial charge in [-0.3, -0.25) is 0 Å². The van der Waals surface area contributed by atoms with E-state index in [-0.39, 0.29) is 0 Å². The average Bonchev–Trinajstić information content (AvgIpc) is 2.66. The summed E-state index contributed by atoms with van der Waals surface area (Å²) < 4.78 is 0. The first-order valence-corrected chi connectivity index (χ1v) is 9.07. The highest BCUT2D eigenvalue weighted by atomic mass is 35.5. The van der Waals surface area contributed by atoms with Crippen LogP contribution in [0.25, 0.3) is 11.2 Å². The molecule has 7 nitrogen and oxygen atoms in total. The second-order valence-corrected chi connectivity index (χ2v) is 7.01. The van der Waals surface area contributed by atoms with Crippen LogP contribution in [0.1, 0.15) is 0 Å². The predicted octanol–water partition coefficient (Wildman–Crippen LogP) is 2.22. The van der Waals surface area contributed by atoms with Crippen LogP contribution in [0.15, 0.2) is 40.5 Å². The van der Waals surface area contributed by atoms with Crippen LogP contribution in [-0.4, -0.2) is 46.1 Å². The van der Waals surface area contributed by atoms with Crippen LogP contribution in [0.4, 0.5) is 11.6 Å². The lowest BCUT2D eigenvalue weighted by atomic mass is 10.3. The fourth-order valence-electron chi connectivity index (χ4n) is 2.61. The lowest BCUT2D eigenvalue weighted by molar-refractivity contribution is 0.585. The number of nitrogen functional groups attached to an aromatic ring is 1. The van der Waals surface area contributed by atoms with E-state index in [4.69, 9.17) is 17.3 Å². The molecular formula is C16H16ClN7S. The highest BCUT2D eigenvalue weighted by molar-refractivity contribution is 7.99. The summed E-state index contributed by atoms with van der Waals surface area (Å²) in [4.78, 5) is 20.7. The van der Waals surface area contributed by atoms with Crippen molar-refractivity contribution in [2.45, 2.75) is 9.92 Å². The van der Waals surface area contributed by atoms with Crippen molar-refractivity contribution in [1.29, 1.82) is 0 Å². The summed E-state index contributed by atoms with van der Waals surface area (Å²) in [6.07, 6.45) is 3.41. The number of nitrogens with two attached hydrogens (primary N) is 1. The summed E-state index contributed by atoms with van der Waals surface area (Å²) in [5, 5.41) is 4.55. The van der Waals surface area contributed by atoms with Gasteiger partial charge in [-0.2, -0.15) is 0 Å². The van der Waals surface area contributed by atoms with Crippen molar-refractivity contribution in [2.24, 2.45) is 0 Å². The molecule has 0 aromatic carbocycles. The number of rotatable bonds is 3. The van der Waals surface area contributed by atoms with Gasteiger partial charge in [-0.15, -0.1) is 0 Å². The fraction of sp³-hybridized carbons (Fsp3) is 0.250. The molecule has 3 aromatic rings. The smallest absolute Gasteiger partial charge is 0.179 e. The van der Waals surface area contributed by atoms with Gasteiger partial charge in [0.2, 0.25) is 0 Å². The van der Waals surface area contributed by atoms with Crippen LogP contribution < -0.4 is 16.0 Å². The molecule has 0 aliphatic carbocycles. The zero-order valence-corrected chi connectivity index (χ0v) is 14.9. The standard InChI is InChI=1S/C16H16ClN7S/c17-14-11(3-4-20-15(14)18)25-13-2-1-10-16(23-13)21-9-12(22-10)24-7-5-19-6-8-24/h1-4,9,19H,5-8H2,(H2,18,20). The fourth-order valence-corrected chi connectivity index (χ4v) is 3.66. The molecular weight excluding hydrogens is 358 g/mol. The Morgan fingerprint density at radius 1 is 1.12 bits per heavy atom. The Labute approximate surface area is 154 Å². The molecule has 1 aliphatic rings. The Balaban J connectivity index is 1.61. The molecule has 1 saturated heterocycles. The number of aromatic nitrogens is 4. The summed E-state index contributed by atoms with van der Waals surface area (Å²) in [6, 6.07) is 5.66. The lowest BCUT2D eigenvalue weighted by Crippen LogP contribution is -2.43. The van der Waals surface area contributed by atoms with Gasteiger partial charge < -0.3 is 16.0 Å². The van der Waals surface area contributed by atoms with Gasteiger partial charge in [-0.25, -0.2) is 19.9 Å². The Morgan fingerprint density at radius 3 is 2.80 bits per heavy atom. The molecule has 3 N–H and O–H groups in total. The van der Waals surface area contributed by atoms with E-state index in [1.807, 2.05) is 18.2 Å². The maximum Gasteiger partial charge on any atom is 0.179 e. The van der Waals surface area contributed by atoms with Gasteiger partial charge in [0, 0.05) is 37.3 Å². The third kappa shape index (κ3) is 3.46. The number of hydrogen-bond acceptors (Lipinski definition) is 8. The molecule has 3 aromatic heterocycles. The predicted molar refractivity (Wildman–Crippen MR) is 100 cm³/mol. The molecule has 0 spiro atoms. The highest BCUT2D eigenvalue weighted by Gasteiger charge is 2.14. The zero-order valence-electron chi connectivity index (χ0n) is 13.3. The number of anilines is 2. The molecule has 1 aliphatic heterocycles. The van der Waals surface area contributed by atoms with Crippen molar-refractivity contribution in [3.05, 3.63) is 35.6 Å². The van der Waals surface area contributed by atoms with E-state index in [0.717, 1.165) is 47.4 Å². The van der Waals surface area contributed by atoms with Gasteiger partial charge in [-0.1, -0.05) is 23.4 Å². The summed E-state index contributed by atoms with van der Waals surface area (Å²) in [6.45, 7) is 3.79. The highest BCUT2D eigenvalue weighted by Crippen LogP contribution is 2.34. The van der Waals surface area contributed by atoms with E-state index >= 15 is 0 Å². The Hall–Kier alpha value is -2.16. The van der Waals surface area contributed by atoms with Crippen LogP contribution >= 0.6 is 23.4 Å². The topological polar surface area (TPSA) is 92.8 Å². The van der Waals surface area contributed by atoms with E-state index in [0.29, 0.717) is 16.5 Å². The Kier molecular flexibility index (Phi) is 4.56. The average molecular weight is 374 g/mol. The van der Waals surface area contributed by atoms with Crippen LogP contribution in [-0.2, 0) is 0 Å². The molecule has 1 fully saturated rings. The van der Waals surface area contributed by atoms with Gasteiger partial charge in [0.25, 0.3) is 0 Å². The quantitative estimate of drug-likeness (QED) is 0.721. The first kappa shape index (κ1) is 16.3. The van der Waals surface area contributed by atoms with Crippen molar-refractivity contribution < 1.29 is 0 Å². The molecule has 9 heteroatoms. The summed E-state index contributed by atoms with van der Waals surface area (Å²) in [5.74, 6) is 1.20. The minimum absolute atomic E-state index is 0.313. The number of halogens is 1. The Bertz CT molecular complexity index is 914. The van der Waals surface area contributed by atoms with Gasteiger partial charge in [-0.05, 0) is 18.2 Å².